The molecule has 1 heterocycles. The Morgan fingerprint density at radius 3 is 2.61 bits per heavy atom. The maximum Gasteiger partial charge on any atom is 0.433 e. The molecule has 9 heteroatoms. The molecule has 2 aromatic rings. The molecule has 6 nitrogen and oxygen atoms in total. The standard InChI is InChI=1S/C22H25F3N4O2/c1-13-6-8-15(9-7-13)27-12-14-10-18(19(31-2)11-16(14)26)29-21(30)17-4-3-5-20(28-17)22(23,24)25/h3-5,10-13,15H,6-9,26H2,1-2H3,(H,29,30). The zero-order valence-electron chi connectivity index (χ0n) is 17.4. The van der Waals surface area contributed by atoms with Gasteiger partial charge in [-0.05, 0) is 49.8 Å². The summed E-state index contributed by atoms with van der Waals surface area (Å²) in [6, 6.07) is 6.51. The van der Waals surface area contributed by atoms with E-state index in [-0.39, 0.29) is 23.2 Å². The predicted octanol–water partition coefficient (Wildman–Crippen LogP) is 4.94. The van der Waals surface area contributed by atoms with Crippen molar-refractivity contribution in [3.05, 3.63) is 47.3 Å². The molecule has 1 aliphatic carbocycles. The topological polar surface area (TPSA) is 89.6 Å². The number of hydrogen-bond donors (Lipinski definition) is 2. The van der Waals surface area contributed by atoms with Gasteiger partial charge in [0.15, 0.2) is 0 Å². The van der Waals surface area contributed by atoms with Crippen molar-refractivity contribution >= 4 is 23.5 Å². The van der Waals surface area contributed by atoms with E-state index in [4.69, 9.17) is 10.5 Å². The van der Waals surface area contributed by atoms with Gasteiger partial charge in [-0.15, -0.1) is 0 Å². The van der Waals surface area contributed by atoms with Gasteiger partial charge in [-0.25, -0.2) is 4.98 Å². The third-order valence-electron chi connectivity index (χ3n) is 5.34. The van der Waals surface area contributed by atoms with E-state index in [1.54, 1.807) is 18.3 Å². The average molecular weight is 434 g/mol. The Kier molecular flexibility index (Phi) is 6.82. The van der Waals surface area contributed by atoms with Crippen LogP contribution in [0.1, 0.15) is 54.4 Å². The molecule has 0 unspecified atom stereocenters. The van der Waals surface area contributed by atoms with Crippen molar-refractivity contribution in [1.82, 2.24) is 4.98 Å². The highest BCUT2D eigenvalue weighted by atomic mass is 19.4. The summed E-state index contributed by atoms with van der Waals surface area (Å²) in [7, 11) is 1.41. The van der Waals surface area contributed by atoms with Gasteiger partial charge in [0.25, 0.3) is 5.91 Å². The Hall–Kier alpha value is -3.10. The van der Waals surface area contributed by atoms with Gasteiger partial charge in [0.1, 0.15) is 17.1 Å². The van der Waals surface area contributed by atoms with Crippen LogP contribution in [0, 0.1) is 5.92 Å². The van der Waals surface area contributed by atoms with Crippen LogP contribution >= 0.6 is 0 Å². The van der Waals surface area contributed by atoms with E-state index in [2.05, 4.69) is 22.2 Å². The maximum atomic E-state index is 12.9. The summed E-state index contributed by atoms with van der Waals surface area (Å²) in [6.07, 6.45) is 1.32. The lowest BCUT2D eigenvalue weighted by Gasteiger charge is -2.23. The Morgan fingerprint density at radius 1 is 1.26 bits per heavy atom. The van der Waals surface area contributed by atoms with Gasteiger partial charge in [-0.3, -0.25) is 9.79 Å². The van der Waals surface area contributed by atoms with E-state index in [0.717, 1.165) is 37.8 Å². The quantitative estimate of drug-likeness (QED) is 0.515. The lowest BCUT2D eigenvalue weighted by Crippen LogP contribution is -2.18. The van der Waals surface area contributed by atoms with Gasteiger partial charge in [0, 0.05) is 29.6 Å². The first-order chi connectivity index (χ1) is 14.7. The normalized spacial score (nSPS) is 19.4. The van der Waals surface area contributed by atoms with Crippen molar-refractivity contribution in [3.63, 3.8) is 0 Å². The zero-order valence-corrected chi connectivity index (χ0v) is 17.4. The van der Waals surface area contributed by atoms with Crippen LogP contribution in [0.4, 0.5) is 24.5 Å². The lowest BCUT2D eigenvalue weighted by molar-refractivity contribution is -0.141. The highest BCUT2D eigenvalue weighted by molar-refractivity contribution is 6.04. The molecule has 166 valence electrons. The van der Waals surface area contributed by atoms with Crippen LogP contribution in [-0.4, -0.2) is 30.3 Å². The number of alkyl halides is 3. The summed E-state index contributed by atoms with van der Waals surface area (Å²) in [5, 5.41) is 2.56. The van der Waals surface area contributed by atoms with Crippen LogP contribution in [0.2, 0.25) is 0 Å². The number of nitrogens with one attached hydrogen (secondary N) is 1. The molecule has 0 saturated heterocycles. The number of halogens is 3. The van der Waals surface area contributed by atoms with Crippen molar-refractivity contribution in [3.8, 4) is 5.75 Å². The molecule has 1 aromatic heterocycles. The number of pyridine rings is 1. The van der Waals surface area contributed by atoms with E-state index < -0.39 is 17.8 Å². The number of anilines is 2. The van der Waals surface area contributed by atoms with E-state index in [1.165, 1.54) is 13.2 Å². The number of carbonyl (C=O) groups excluding carboxylic acids is 1. The Morgan fingerprint density at radius 2 is 1.97 bits per heavy atom. The number of nitrogens with zero attached hydrogens (tertiary/aromatic N) is 2. The number of nitrogens with two attached hydrogens (primary N) is 1. The van der Waals surface area contributed by atoms with Crippen molar-refractivity contribution in [2.24, 2.45) is 10.9 Å². The van der Waals surface area contributed by atoms with Crippen LogP contribution in [0.25, 0.3) is 0 Å². The second-order valence-electron chi connectivity index (χ2n) is 7.73. The van der Waals surface area contributed by atoms with E-state index in [1.807, 2.05) is 0 Å². The van der Waals surface area contributed by atoms with Crippen LogP contribution in [0.3, 0.4) is 0 Å². The van der Waals surface area contributed by atoms with E-state index >= 15 is 0 Å². The molecule has 3 rings (SSSR count). The summed E-state index contributed by atoms with van der Waals surface area (Å²) >= 11 is 0. The fourth-order valence-electron chi connectivity index (χ4n) is 3.47. The number of methoxy groups -OCH3 is 1. The summed E-state index contributed by atoms with van der Waals surface area (Å²) in [6.45, 7) is 2.23. The second-order valence-corrected chi connectivity index (χ2v) is 7.73. The third kappa shape index (κ3) is 5.74. The summed E-state index contributed by atoms with van der Waals surface area (Å²) in [5.74, 6) is 0.198. The van der Waals surface area contributed by atoms with Gasteiger partial charge in [-0.1, -0.05) is 13.0 Å². The largest absolute Gasteiger partial charge is 0.494 e. The van der Waals surface area contributed by atoms with Crippen molar-refractivity contribution in [2.45, 2.75) is 44.8 Å². The Balaban J connectivity index is 1.82. The molecule has 1 amide bonds. The Bertz CT molecular complexity index is 968. The molecule has 1 saturated carbocycles. The molecule has 0 atom stereocenters. The van der Waals surface area contributed by atoms with Crippen molar-refractivity contribution in [1.29, 1.82) is 0 Å². The predicted molar refractivity (Wildman–Crippen MR) is 114 cm³/mol. The van der Waals surface area contributed by atoms with Crippen LogP contribution < -0.4 is 15.8 Å². The van der Waals surface area contributed by atoms with Gasteiger partial charge in [0.2, 0.25) is 0 Å². The maximum absolute atomic E-state index is 12.9. The van der Waals surface area contributed by atoms with Gasteiger partial charge < -0.3 is 15.8 Å². The number of rotatable bonds is 5. The number of aliphatic imine (C=N–C) groups is 1. The number of benzene rings is 1. The highest BCUT2D eigenvalue weighted by Gasteiger charge is 2.33. The summed E-state index contributed by atoms with van der Waals surface area (Å²) < 4.78 is 43.9. The first kappa shape index (κ1) is 22.6. The first-order valence-corrected chi connectivity index (χ1v) is 10.0. The van der Waals surface area contributed by atoms with Crippen molar-refractivity contribution < 1.29 is 22.7 Å². The Labute approximate surface area is 178 Å². The van der Waals surface area contributed by atoms with Gasteiger partial charge >= 0.3 is 6.18 Å². The molecule has 0 spiro atoms. The molecule has 1 aliphatic rings. The smallest absolute Gasteiger partial charge is 0.433 e. The van der Waals surface area contributed by atoms with Crippen LogP contribution in [0.15, 0.2) is 35.3 Å². The van der Waals surface area contributed by atoms with Crippen molar-refractivity contribution in [2.75, 3.05) is 18.2 Å². The number of amides is 1. The average Bonchev–Trinajstić information content (AvgIpc) is 2.74. The number of aromatic nitrogens is 1. The number of hydrogen-bond acceptors (Lipinski definition) is 5. The third-order valence-corrected chi connectivity index (χ3v) is 5.34. The monoisotopic (exact) mass is 434 g/mol. The van der Waals surface area contributed by atoms with Gasteiger partial charge in [-0.2, -0.15) is 13.2 Å². The minimum Gasteiger partial charge on any atom is -0.494 e. The lowest BCUT2D eigenvalue weighted by atomic mass is 9.88. The second kappa shape index (κ2) is 9.36. The summed E-state index contributed by atoms with van der Waals surface area (Å²) in [4.78, 5) is 20.6. The molecule has 31 heavy (non-hydrogen) atoms. The SMILES string of the molecule is COc1cc(N)c(C=NC2CCC(C)CC2)cc1NC(=O)c1cccc(C(F)(F)F)n1. The number of nitrogen functional groups attached to an aromatic ring is 1. The molecule has 1 aromatic carbocycles. The van der Waals surface area contributed by atoms with Crippen LogP contribution in [-0.2, 0) is 6.18 Å². The molecule has 1 fully saturated rings. The summed E-state index contributed by atoms with van der Waals surface area (Å²) in [5.41, 5.74) is 5.86. The molecule has 0 radical (unpaired) electrons. The molecule has 0 aliphatic heterocycles. The highest BCUT2D eigenvalue weighted by Crippen LogP contribution is 2.31. The number of carbonyl (C=O) groups is 1. The minimum atomic E-state index is -4.64. The minimum absolute atomic E-state index is 0.227. The molecular weight excluding hydrogens is 409 g/mol. The number of ether oxygens (including phenoxy) is 1. The van der Waals surface area contributed by atoms with Gasteiger partial charge in [0.05, 0.1) is 12.8 Å². The first-order valence-electron chi connectivity index (χ1n) is 10.0. The molecule has 3 N–H and O–H groups in total. The molecule has 0 bridgehead atoms. The zero-order chi connectivity index (χ0) is 22.6. The van der Waals surface area contributed by atoms with E-state index in [9.17, 15) is 18.0 Å². The fraction of sp³-hybridized carbons (Fsp3) is 0.409. The van der Waals surface area contributed by atoms with E-state index in [0.29, 0.717) is 17.2 Å². The molecular formula is C22H25F3N4O2. The van der Waals surface area contributed by atoms with Crippen LogP contribution in [0.5, 0.6) is 5.75 Å². The fourth-order valence-corrected chi connectivity index (χ4v) is 3.47.